The van der Waals surface area contributed by atoms with E-state index in [1.807, 2.05) is 0 Å². The van der Waals surface area contributed by atoms with Crippen LogP contribution in [-0.2, 0) is 10.0 Å². The average molecular weight is 179 g/mol. The van der Waals surface area contributed by atoms with Crippen LogP contribution in [0.5, 0.6) is 0 Å². The van der Waals surface area contributed by atoms with E-state index < -0.39 is 16.1 Å². The van der Waals surface area contributed by atoms with E-state index in [4.69, 9.17) is 5.11 Å². The minimum Gasteiger partial charge on any atom is -0.392 e. The highest BCUT2D eigenvalue weighted by Crippen LogP contribution is 2.27. The van der Waals surface area contributed by atoms with Crippen molar-refractivity contribution in [3.05, 3.63) is 0 Å². The van der Waals surface area contributed by atoms with E-state index in [1.165, 1.54) is 0 Å². The summed E-state index contributed by atoms with van der Waals surface area (Å²) in [7, 11) is -3.09. The number of aliphatic hydroxyl groups excluding tert-OH is 1. The normalized spacial score (nSPS) is 21.6. The van der Waals surface area contributed by atoms with E-state index in [-0.39, 0.29) is 11.8 Å². The third-order valence-electron chi connectivity index (χ3n) is 1.54. The summed E-state index contributed by atoms with van der Waals surface area (Å²) in [5, 5.41) is 8.60. The number of nitrogens with one attached hydrogen (secondary N) is 1. The molecule has 0 bridgehead atoms. The first-order valence-electron chi connectivity index (χ1n) is 3.69. The summed E-state index contributed by atoms with van der Waals surface area (Å²) >= 11 is 0. The predicted octanol–water partition coefficient (Wildman–Crippen LogP) is -0.551. The second kappa shape index (κ2) is 3.08. The van der Waals surface area contributed by atoms with Crippen LogP contribution >= 0.6 is 0 Å². The van der Waals surface area contributed by atoms with Gasteiger partial charge in [-0.1, -0.05) is 0 Å². The van der Waals surface area contributed by atoms with Crippen molar-refractivity contribution in [3.63, 3.8) is 0 Å². The largest absolute Gasteiger partial charge is 0.392 e. The zero-order chi connectivity index (χ0) is 8.48. The molecule has 0 radical (unpaired) electrons. The van der Waals surface area contributed by atoms with Gasteiger partial charge in [-0.2, -0.15) is 0 Å². The van der Waals surface area contributed by atoms with E-state index in [2.05, 4.69) is 4.72 Å². The lowest BCUT2D eigenvalue weighted by molar-refractivity contribution is 0.198. The molecule has 1 saturated carbocycles. The minimum atomic E-state index is -3.09. The van der Waals surface area contributed by atoms with Gasteiger partial charge in [-0.05, 0) is 19.8 Å². The smallest absolute Gasteiger partial charge is 0.214 e. The van der Waals surface area contributed by atoms with Gasteiger partial charge in [0.2, 0.25) is 10.0 Å². The van der Waals surface area contributed by atoms with Gasteiger partial charge in [-0.3, -0.25) is 0 Å². The van der Waals surface area contributed by atoms with Gasteiger partial charge in [-0.15, -0.1) is 0 Å². The number of aliphatic hydroxyl groups is 1. The first-order chi connectivity index (χ1) is 5.02. The molecule has 4 nitrogen and oxygen atoms in total. The molecular formula is C6H13NO3S. The average Bonchev–Trinajstić information content (AvgIpc) is 2.64. The van der Waals surface area contributed by atoms with E-state index in [0.717, 1.165) is 12.8 Å². The molecule has 11 heavy (non-hydrogen) atoms. The summed E-state index contributed by atoms with van der Waals surface area (Å²) in [6.07, 6.45) is 0.910. The van der Waals surface area contributed by atoms with Crippen molar-refractivity contribution in [1.29, 1.82) is 0 Å². The van der Waals surface area contributed by atoms with Gasteiger partial charge < -0.3 is 5.11 Å². The number of sulfonamides is 1. The van der Waals surface area contributed by atoms with Gasteiger partial charge in [0.15, 0.2) is 0 Å². The Morgan fingerprint density at radius 2 is 2.18 bits per heavy atom. The van der Waals surface area contributed by atoms with Gasteiger partial charge in [0, 0.05) is 6.54 Å². The Kier molecular flexibility index (Phi) is 2.51. The molecule has 0 spiro atoms. The molecule has 0 aromatic carbocycles. The van der Waals surface area contributed by atoms with Crippen LogP contribution in [-0.4, -0.2) is 31.4 Å². The Balaban J connectivity index is 2.35. The molecule has 0 aliphatic heterocycles. The first kappa shape index (κ1) is 8.96. The molecule has 0 saturated heterocycles. The first-order valence-corrected chi connectivity index (χ1v) is 5.23. The minimum absolute atomic E-state index is 0.124. The SMILES string of the molecule is C[C@@H](O)CNS(=O)(=O)C1CC1. The van der Waals surface area contributed by atoms with Crippen molar-refractivity contribution in [3.8, 4) is 0 Å². The standard InChI is InChI=1S/C6H13NO3S/c1-5(8)4-7-11(9,10)6-2-3-6/h5-8H,2-4H2,1H3/t5-/m1/s1. The van der Waals surface area contributed by atoms with Crippen molar-refractivity contribution in [2.24, 2.45) is 0 Å². The maximum absolute atomic E-state index is 11.1. The molecular weight excluding hydrogens is 166 g/mol. The Bertz CT molecular complexity index is 218. The molecule has 1 aliphatic carbocycles. The van der Waals surface area contributed by atoms with E-state index in [0.29, 0.717) is 0 Å². The van der Waals surface area contributed by atoms with E-state index in [1.54, 1.807) is 6.92 Å². The van der Waals surface area contributed by atoms with Gasteiger partial charge in [-0.25, -0.2) is 13.1 Å². The van der Waals surface area contributed by atoms with Crippen molar-refractivity contribution < 1.29 is 13.5 Å². The van der Waals surface area contributed by atoms with E-state index >= 15 is 0 Å². The zero-order valence-corrected chi connectivity index (χ0v) is 7.26. The lowest BCUT2D eigenvalue weighted by Gasteiger charge is -2.06. The van der Waals surface area contributed by atoms with Crippen LogP contribution < -0.4 is 4.72 Å². The maximum Gasteiger partial charge on any atom is 0.214 e. The van der Waals surface area contributed by atoms with Crippen LogP contribution in [0.1, 0.15) is 19.8 Å². The highest BCUT2D eigenvalue weighted by molar-refractivity contribution is 7.90. The lowest BCUT2D eigenvalue weighted by atomic mass is 10.4. The molecule has 1 rings (SSSR count). The third kappa shape index (κ3) is 2.76. The van der Waals surface area contributed by atoms with Crippen LogP contribution in [0.4, 0.5) is 0 Å². The molecule has 1 aliphatic rings. The molecule has 0 unspecified atom stereocenters. The number of hydrogen-bond donors (Lipinski definition) is 2. The highest BCUT2D eigenvalue weighted by atomic mass is 32.2. The molecule has 0 amide bonds. The van der Waals surface area contributed by atoms with Crippen LogP contribution in [0.25, 0.3) is 0 Å². The topological polar surface area (TPSA) is 66.4 Å². The third-order valence-corrected chi connectivity index (χ3v) is 3.46. The monoisotopic (exact) mass is 179 g/mol. The van der Waals surface area contributed by atoms with Crippen molar-refractivity contribution in [2.75, 3.05) is 6.54 Å². The fraction of sp³-hybridized carbons (Fsp3) is 1.00. The Morgan fingerprint density at radius 3 is 2.55 bits per heavy atom. The van der Waals surface area contributed by atoms with Crippen LogP contribution in [0.2, 0.25) is 0 Å². The fourth-order valence-electron chi connectivity index (χ4n) is 0.733. The van der Waals surface area contributed by atoms with Crippen molar-refractivity contribution in [2.45, 2.75) is 31.1 Å². The second-order valence-electron chi connectivity index (χ2n) is 2.94. The Hall–Kier alpha value is -0.130. The zero-order valence-electron chi connectivity index (χ0n) is 6.45. The van der Waals surface area contributed by atoms with Gasteiger partial charge in [0.25, 0.3) is 0 Å². The van der Waals surface area contributed by atoms with Gasteiger partial charge in [0.1, 0.15) is 0 Å². The summed E-state index contributed by atoms with van der Waals surface area (Å²) in [4.78, 5) is 0. The number of hydrogen-bond acceptors (Lipinski definition) is 3. The predicted molar refractivity (Wildman–Crippen MR) is 41.6 cm³/mol. The molecule has 1 atom stereocenters. The second-order valence-corrected chi connectivity index (χ2v) is 4.99. The highest BCUT2D eigenvalue weighted by Gasteiger charge is 2.35. The summed E-state index contributed by atoms with van der Waals surface area (Å²) in [6.45, 7) is 1.67. The Labute approximate surface area is 66.7 Å². The molecule has 5 heteroatoms. The summed E-state index contributed by atoms with van der Waals surface area (Å²) in [5.41, 5.74) is 0. The van der Waals surface area contributed by atoms with E-state index in [9.17, 15) is 8.42 Å². The quantitative estimate of drug-likeness (QED) is 0.608. The summed E-state index contributed by atoms with van der Waals surface area (Å²) in [5.74, 6) is 0. The summed E-state index contributed by atoms with van der Waals surface area (Å²) in [6, 6.07) is 0. The van der Waals surface area contributed by atoms with Crippen molar-refractivity contribution >= 4 is 10.0 Å². The molecule has 1 fully saturated rings. The lowest BCUT2D eigenvalue weighted by Crippen LogP contribution is -2.33. The van der Waals surface area contributed by atoms with Crippen molar-refractivity contribution in [1.82, 2.24) is 4.72 Å². The fourth-order valence-corrected chi connectivity index (χ4v) is 2.20. The maximum atomic E-state index is 11.1. The van der Waals surface area contributed by atoms with Crippen LogP contribution in [0.3, 0.4) is 0 Å². The van der Waals surface area contributed by atoms with Crippen LogP contribution in [0.15, 0.2) is 0 Å². The Morgan fingerprint density at radius 1 is 1.64 bits per heavy atom. The van der Waals surface area contributed by atoms with Crippen LogP contribution in [0, 0.1) is 0 Å². The van der Waals surface area contributed by atoms with Gasteiger partial charge >= 0.3 is 0 Å². The molecule has 0 aromatic heterocycles. The molecule has 0 heterocycles. The molecule has 2 N–H and O–H groups in total. The molecule has 66 valence electrons. The van der Waals surface area contributed by atoms with Gasteiger partial charge in [0.05, 0.1) is 11.4 Å². The molecule has 0 aromatic rings. The summed E-state index contributed by atoms with van der Waals surface area (Å²) < 4.78 is 24.5. The number of rotatable bonds is 4.